The molecule has 0 aliphatic carbocycles. The monoisotopic (exact) mass is 574 g/mol. The normalized spacial score (nSPS) is 13.2. The molecular formula is C22H44N2O11P2. The molecule has 0 saturated heterocycles. The number of hydrogen-bond acceptors (Lipinski definition) is 11. The first-order chi connectivity index (χ1) is 17.2. The summed E-state index contributed by atoms with van der Waals surface area (Å²) in [5, 5.41) is 3.53. The molecule has 0 aromatic carbocycles. The van der Waals surface area contributed by atoms with Crippen LogP contribution in [-0.4, -0.2) is 74.6 Å². The standard InChI is InChI=1S/C22H44N2O11P2/c1-9-30-20(26)17(24-21(27)35-22(6,7)8)14-15-18(25)23-16-19(36(28,31-10-2)32-11-3)37(29,33-12-4)34-13-5/h17,19H,9-16H2,1-8H3,(H,23,25)(H,24,27). The third-order valence-electron chi connectivity index (χ3n) is 4.37. The minimum atomic E-state index is -4.04. The first kappa shape index (κ1) is 35.5. The highest BCUT2D eigenvalue weighted by Gasteiger charge is 2.51. The first-order valence-corrected chi connectivity index (χ1v) is 15.6. The lowest BCUT2D eigenvalue weighted by molar-refractivity contribution is -0.145. The fourth-order valence-corrected chi connectivity index (χ4v) is 8.14. The Labute approximate surface area is 220 Å². The number of esters is 1. The summed E-state index contributed by atoms with van der Waals surface area (Å²) in [5.74, 6) is -1.31. The number of rotatable bonds is 18. The first-order valence-electron chi connectivity index (χ1n) is 12.4. The average Bonchev–Trinajstić information content (AvgIpc) is 2.76. The molecule has 1 atom stereocenters. The van der Waals surface area contributed by atoms with Gasteiger partial charge in [0.1, 0.15) is 11.6 Å². The Hall–Kier alpha value is -1.49. The molecule has 13 nitrogen and oxygen atoms in total. The lowest BCUT2D eigenvalue weighted by Crippen LogP contribution is -2.45. The number of carbonyl (C=O) groups excluding carboxylic acids is 3. The van der Waals surface area contributed by atoms with Crippen LogP contribution in [0.1, 0.15) is 68.2 Å². The van der Waals surface area contributed by atoms with Gasteiger partial charge in [0.15, 0.2) is 5.40 Å². The van der Waals surface area contributed by atoms with E-state index in [1.165, 1.54) is 0 Å². The van der Waals surface area contributed by atoms with Crippen molar-refractivity contribution in [3.05, 3.63) is 0 Å². The molecule has 2 N–H and O–H groups in total. The summed E-state index contributed by atoms with van der Waals surface area (Å²) in [7, 11) is -8.09. The van der Waals surface area contributed by atoms with Crippen molar-refractivity contribution < 1.29 is 51.1 Å². The van der Waals surface area contributed by atoms with Gasteiger partial charge in [0, 0.05) is 13.0 Å². The van der Waals surface area contributed by atoms with Crippen molar-refractivity contribution >= 4 is 33.2 Å². The summed E-state index contributed by atoms with van der Waals surface area (Å²) in [6.45, 7) is 12.7. The maximum absolute atomic E-state index is 13.5. The van der Waals surface area contributed by atoms with Gasteiger partial charge in [0.2, 0.25) is 5.91 Å². The van der Waals surface area contributed by atoms with Crippen LogP contribution in [0.2, 0.25) is 0 Å². The highest BCUT2D eigenvalue weighted by atomic mass is 31.2. The van der Waals surface area contributed by atoms with Crippen LogP contribution >= 0.6 is 15.2 Å². The van der Waals surface area contributed by atoms with Crippen molar-refractivity contribution in [2.24, 2.45) is 0 Å². The van der Waals surface area contributed by atoms with E-state index < -0.39 is 56.7 Å². The fourth-order valence-electron chi connectivity index (χ4n) is 3.05. The molecule has 0 radical (unpaired) electrons. The molecule has 0 aliphatic rings. The Kier molecular flexibility index (Phi) is 16.5. The maximum Gasteiger partial charge on any atom is 0.408 e. The molecule has 1 unspecified atom stereocenters. The molecule has 0 rings (SSSR count). The second-order valence-corrected chi connectivity index (χ2v) is 13.4. The van der Waals surface area contributed by atoms with Crippen molar-refractivity contribution in [2.45, 2.75) is 85.3 Å². The zero-order chi connectivity index (χ0) is 28.7. The predicted octanol–water partition coefficient (Wildman–Crippen LogP) is 4.20. The van der Waals surface area contributed by atoms with E-state index in [0.717, 1.165) is 0 Å². The van der Waals surface area contributed by atoms with E-state index in [1.807, 2.05) is 0 Å². The van der Waals surface area contributed by atoms with Crippen LogP contribution in [0.25, 0.3) is 0 Å². The molecule has 0 heterocycles. The smallest absolute Gasteiger partial charge is 0.408 e. The van der Waals surface area contributed by atoms with Gasteiger partial charge < -0.3 is 38.2 Å². The van der Waals surface area contributed by atoms with Gasteiger partial charge in [-0.2, -0.15) is 0 Å². The van der Waals surface area contributed by atoms with Crippen LogP contribution in [0.5, 0.6) is 0 Å². The van der Waals surface area contributed by atoms with Gasteiger partial charge in [-0.15, -0.1) is 0 Å². The minimum absolute atomic E-state index is 0.00245. The zero-order valence-corrected chi connectivity index (χ0v) is 25.0. The summed E-state index contributed by atoms with van der Waals surface area (Å²) in [5.41, 5.74) is -0.792. The molecular weight excluding hydrogens is 530 g/mol. The molecule has 2 amide bonds. The van der Waals surface area contributed by atoms with Crippen LogP contribution in [0.3, 0.4) is 0 Å². The minimum Gasteiger partial charge on any atom is -0.464 e. The van der Waals surface area contributed by atoms with E-state index in [2.05, 4.69) is 10.6 Å². The number of amides is 2. The molecule has 0 aromatic heterocycles. The Morgan fingerprint density at radius 2 is 1.24 bits per heavy atom. The van der Waals surface area contributed by atoms with Gasteiger partial charge in [-0.1, -0.05) is 0 Å². The molecule has 15 heteroatoms. The van der Waals surface area contributed by atoms with Gasteiger partial charge in [-0.3, -0.25) is 13.9 Å². The Morgan fingerprint density at radius 3 is 1.62 bits per heavy atom. The third-order valence-corrected chi connectivity index (χ3v) is 10.4. The zero-order valence-electron chi connectivity index (χ0n) is 23.2. The number of carbonyl (C=O) groups is 3. The van der Waals surface area contributed by atoms with Gasteiger partial charge in [0.05, 0.1) is 33.0 Å². The number of ether oxygens (including phenoxy) is 2. The summed E-state index contributed by atoms with van der Waals surface area (Å²) >= 11 is 0. The lowest BCUT2D eigenvalue weighted by Gasteiger charge is -2.31. The Bertz CT molecular complexity index is 767. The van der Waals surface area contributed by atoms with Crippen molar-refractivity contribution in [1.29, 1.82) is 0 Å². The van der Waals surface area contributed by atoms with Gasteiger partial charge in [-0.25, -0.2) is 9.59 Å². The van der Waals surface area contributed by atoms with Gasteiger partial charge >= 0.3 is 27.3 Å². The largest absolute Gasteiger partial charge is 0.464 e. The van der Waals surface area contributed by atoms with E-state index in [0.29, 0.717) is 0 Å². The van der Waals surface area contributed by atoms with Gasteiger partial charge in [0.25, 0.3) is 0 Å². The molecule has 37 heavy (non-hydrogen) atoms. The quantitative estimate of drug-likeness (QED) is 0.178. The van der Waals surface area contributed by atoms with E-state index in [9.17, 15) is 23.5 Å². The van der Waals surface area contributed by atoms with Crippen LogP contribution in [0.15, 0.2) is 0 Å². The molecule has 0 saturated carbocycles. The van der Waals surface area contributed by atoms with Crippen molar-refractivity contribution in [3.8, 4) is 0 Å². The highest BCUT2D eigenvalue weighted by Crippen LogP contribution is 2.70. The molecule has 0 aliphatic heterocycles. The predicted molar refractivity (Wildman–Crippen MR) is 138 cm³/mol. The summed E-state index contributed by atoms with van der Waals surface area (Å²) in [4.78, 5) is 37.1. The Balaban J connectivity index is 5.61. The van der Waals surface area contributed by atoms with E-state index in [1.54, 1.807) is 55.4 Å². The van der Waals surface area contributed by atoms with Crippen LogP contribution < -0.4 is 10.6 Å². The second-order valence-electron chi connectivity index (χ2n) is 8.53. The highest BCUT2D eigenvalue weighted by molar-refractivity contribution is 7.72. The van der Waals surface area contributed by atoms with E-state index >= 15 is 0 Å². The van der Waals surface area contributed by atoms with Crippen molar-refractivity contribution in [2.75, 3.05) is 39.6 Å². The van der Waals surface area contributed by atoms with Crippen molar-refractivity contribution in [1.82, 2.24) is 10.6 Å². The molecule has 0 fully saturated rings. The molecule has 0 aromatic rings. The van der Waals surface area contributed by atoms with E-state index in [-0.39, 0.29) is 45.9 Å². The summed E-state index contributed by atoms with van der Waals surface area (Å²) in [6, 6.07) is -1.15. The number of alkyl carbamates (subject to hydrolysis) is 1. The Morgan fingerprint density at radius 1 is 0.784 bits per heavy atom. The van der Waals surface area contributed by atoms with Crippen LogP contribution in [0, 0.1) is 0 Å². The SMILES string of the molecule is CCOC(=O)C(CCC(=O)NCC(P(=O)(OCC)OCC)P(=O)(OCC)OCC)NC(=O)OC(C)(C)C. The molecule has 0 bridgehead atoms. The molecule has 218 valence electrons. The summed E-state index contributed by atoms with van der Waals surface area (Å²) < 4.78 is 58.7. The maximum atomic E-state index is 13.5. The number of nitrogens with one attached hydrogen (secondary N) is 2. The topological polar surface area (TPSA) is 165 Å². The summed E-state index contributed by atoms with van der Waals surface area (Å²) in [6.07, 6.45) is -1.18. The van der Waals surface area contributed by atoms with E-state index in [4.69, 9.17) is 27.6 Å². The lowest BCUT2D eigenvalue weighted by atomic mass is 10.1. The van der Waals surface area contributed by atoms with Crippen LogP contribution in [-0.2, 0) is 46.3 Å². The second kappa shape index (κ2) is 17.2. The third kappa shape index (κ3) is 13.2. The van der Waals surface area contributed by atoms with Crippen LogP contribution in [0.4, 0.5) is 4.79 Å². The average molecular weight is 575 g/mol. The molecule has 0 spiro atoms. The fraction of sp³-hybridized carbons (Fsp3) is 0.864. The number of hydrogen-bond donors (Lipinski definition) is 2. The van der Waals surface area contributed by atoms with Gasteiger partial charge in [-0.05, 0) is 61.8 Å². The van der Waals surface area contributed by atoms with Crippen molar-refractivity contribution in [3.63, 3.8) is 0 Å².